The zero-order valence-electron chi connectivity index (χ0n) is 10.6. The maximum Gasteiger partial charge on any atom is 0.135 e. The van der Waals surface area contributed by atoms with Crippen molar-refractivity contribution in [2.75, 3.05) is 26.2 Å². The molecule has 0 unspecified atom stereocenters. The second-order valence-electron chi connectivity index (χ2n) is 3.74. The molecule has 0 aromatic heterocycles. The Morgan fingerprint density at radius 2 is 1.35 bits per heavy atom. The highest BCUT2D eigenvalue weighted by atomic mass is 16.1. The Hall–Kier alpha value is -1.36. The lowest BCUT2D eigenvalue weighted by atomic mass is 10.3. The Morgan fingerprint density at radius 3 is 1.71 bits per heavy atom. The van der Waals surface area contributed by atoms with E-state index in [1.807, 2.05) is 0 Å². The minimum absolute atomic E-state index is 0.126. The molecule has 0 radical (unpaired) electrons. The lowest BCUT2D eigenvalue weighted by Gasteiger charge is -1.98. The number of Topliss-reactive ketones (excluding diaryl/α,β-unsaturated/α-hetero) is 2. The monoisotopic (exact) mass is 239 g/mol. The van der Waals surface area contributed by atoms with E-state index in [0.717, 1.165) is 13.1 Å². The zero-order valence-corrected chi connectivity index (χ0v) is 10.6. The SMILES string of the molecule is CC(=O)CC=NCCNCCN=CCC(C)=O. The first-order valence-corrected chi connectivity index (χ1v) is 5.79. The van der Waals surface area contributed by atoms with Crippen LogP contribution in [0.2, 0.25) is 0 Å². The van der Waals surface area contributed by atoms with Gasteiger partial charge in [-0.05, 0) is 13.8 Å². The van der Waals surface area contributed by atoms with Crippen LogP contribution in [-0.2, 0) is 9.59 Å². The Balaban J connectivity index is 3.24. The Morgan fingerprint density at radius 1 is 0.941 bits per heavy atom. The van der Waals surface area contributed by atoms with Crippen LogP contribution in [0, 0.1) is 0 Å². The fourth-order valence-electron chi connectivity index (χ4n) is 0.981. The highest BCUT2D eigenvalue weighted by Gasteiger charge is 1.88. The highest BCUT2D eigenvalue weighted by Crippen LogP contribution is 1.78. The molecule has 0 atom stereocenters. The first-order valence-electron chi connectivity index (χ1n) is 5.79. The summed E-state index contributed by atoms with van der Waals surface area (Å²) in [5.74, 6) is 0.253. The molecule has 17 heavy (non-hydrogen) atoms. The first-order chi connectivity index (χ1) is 8.13. The third-order valence-corrected chi connectivity index (χ3v) is 1.85. The molecule has 96 valence electrons. The van der Waals surface area contributed by atoms with Crippen LogP contribution in [-0.4, -0.2) is 50.2 Å². The molecule has 0 aliphatic rings. The summed E-state index contributed by atoms with van der Waals surface area (Å²) in [6, 6.07) is 0. The highest BCUT2D eigenvalue weighted by molar-refractivity contribution is 5.89. The summed E-state index contributed by atoms with van der Waals surface area (Å²) >= 11 is 0. The van der Waals surface area contributed by atoms with Crippen LogP contribution in [0.1, 0.15) is 26.7 Å². The Labute approximate surface area is 102 Å². The van der Waals surface area contributed by atoms with E-state index in [0.29, 0.717) is 25.9 Å². The number of ketones is 2. The number of nitrogens with zero attached hydrogens (tertiary/aromatic N) is 2. The molecule has 0 rings (SSSR count). The van der Waals surface area contributed by atoms with Crippen molar-refractivity contribution in [2.45, 2.75) is 26.7 Å². The molecule has 0 saturated carbocycles. The van der Waals surface area contributed by atoms with Crippen LogP contribution in [0.15, 0.2) is 9.98 Å². The predicted molar refractivity (Wildman–Crippen MR) is 70.2 cm³/mol. The van der Waals surface area contributed by atoms with Crippen molar-refractivity contribution < 1.29 is 9.59 Å². The van der Waals surface area contributed by atoms with E-state index in [4.69, 9.17) is 0 Å². The molecule has 0 saturated heterocycles. The molecule has 0 bridgehead atoms. The first kappa shape index (κ1) is 15.6. The number of aliphatic imine (C=N–C) groups is 2. The van der Waals surface area contributed by atoms with Crippen LogP contribution < -0.4 is 5.32 Å². The van der Waals surface area contributed by atoms with Crippen molar-refractivity contribution in [3.05, 3.63) is 0 Å². The number of hydrogen-bond acceptors (Lipinski definition) is 5. The van der Waals surface area contributed by atoms with Gasteiger partial charge in [0.2, 0.25) is 0 Å². The summed E-state index contributed by atoms with van der Waals surface area (Å²) in [6.07, 6.45) is 4.12. The van der Waals surface area contributed by atoms with Crippen LogP contribution in [0.4, 0.5) is 0 Å². The van der Waals surface area contributed by atoms with E-state index in [1.54, 1.807) is 26.3 Å². The fraction of sp³-hybridized carbons (Fsp3) is 0.667. The van der Waals surface area contributed by atoms with Crippen LogP contribution in [0.25, 0.3) is 0 Å². The molecular weight excluding hydrogens is 218 g/mol. The van der Waals surface area contributed by atoms with Gasteiger partial charge in [-0.15, -0.1) is 0 Å². The third kappa shape index (κ3) is 14.6. The fourth-order valence-corrected chi connectivity index (χ4v) is 0.981. The van der Waals surface area contributed by atoms with Crippen molar-refractivity contribution >= 4 is 24.0 Å². The molecule has 0 aliphatic heterocycles. The number of nitrogens with one attached hydrogen (secondary N) is 1. The average molecular weight is 239 g/mol. The number of carbonyl (C=O) groups excluding carboxylic acids is 2. The number of hydrogen-bond donors (Lipinski definition) is 1. The molecule has 0 heterocycles. The van der Waals surface area contributed by atoms with E-state index >= 15 is 0 Å². The second-order valence-corrected chi connectivity index (χ2v) is 3.74. The molecular formula is C12H21N3O2. The van der Waals surface area contributed by atoms with Crippen molar-refractivity contribution in [1.82, 2.24) is 5.32 Å². The molecule has 0 fully saturated rings. The summed E-state index contributed by atoms with van der Waals surface area (Å²) in [5.41, 5.74) is 0. The van der Waals surface area contributed by atoms with E-state index in [2.05, 4.69) is 15.3 Å². The molecule has 0 amide bonds. The summed E-state index contributed by atoms with van der Waals surface area (Å²) in [5, 5.41) is 3.16. The van der Waals surface area contributed by atoms with E-state index < -0.39 is 0 Å². The van der Waals surface area contributed by atoms with Crippen molar-refractivity contribution in [1.29, 1.82) is 0 Å². The summed E-state index contributed by atoms with van der Waals surface area (Å²) in [7, 11) is 0. The lowest BCUT2D eigenvalue weighted by molar-refractivity contribution is -0.116. The van der Waals surface area contributed by atoms with Gasteiger partial charge in [-0.3, -0.25) is 19.6 Å². The summed E-state index contributed by atoms with van der Waals surface area (Å²) in [6.45, 7) is 5.98. The topological polar surface area (TPSA) is 70.9 Å². The van der Waals surface area contributed by atoms with Gasteiger partial charge in [-0.2, -0.15) is 0 Å². The Bertz CT molecular complexity index is 257. The normalized spacial score (nSPS) is 11.4. The maximum absolute atomic E-state index is 10.6. The van der Waals surface area contributed by atoms with E-state index in [1.165, 1.54) is 0 Å². The number of rotatable bonds is 10. The molecule has 0 aromatic rings. The van der Waals surface area contributed by atoms with Crippen molar-refractivity contribution in [3.8, 4) is 0 Å². The van der Waals surface area contributed by atoms with Crippen LogP contribution in [0.3, 0.4) is 0 Å². The van der Waals surface area contributed by atoms with Gasteiger partial charge in [0.15, 0.2) is 0 Å². The molecule has 5 heteroatoms. The minimum atomic E-state index is 0.126. The van der Waals surface area contributed by atoms with Crippen molar-refractivity contribution in [3.63, 3.8) is 0 Å². The Kier molecular flexibility index (Phi) is 10.2. The van der Waals surface area contributed by atoms with Gasteiger partial charge in [0, 0.05) is 38.4 Å². The van der Waals surface area contributed by atoms with Gasteiger partial charge in [-0.25, -0.2) is 0 Å². The third-order valence-electron chi connectivity index (χ3n) is 1.85. The van der Waals surface area contributed by atoms with E-state index in [-0.39, 0.29) is 11.6 Å². The second kappa shape index (κ2) is 11.1. The van der Waals surface area contributed by atoms with Crippen LogP contribution >= 0.6 is 0 Å². The maximum atomic E-state index is 10.6. The van der Waals surface area contributed by atoms with Gasteiger partial charge < -0.3 is 5.32 Å². The molecule has 0 spiro atoms. The standard InChI is InChI=1S/C12H21N3O2/c1-11(16)3-5-13-7-9-15-10-8-14-6-4-12(2)17/h5-6,15H,3-4,7-10H2,1-2H3. The molecule has 0 aromatic carbocycles. The zero-order chi connectivity index (χ0) is 12.9. The summed E-state index contributed by atoms with van der Waals surface area (Å²) < 4.78 is 0. The van der Waals surface area contributed by atoms with Gasteiger partial charge in [0.25, 0.3) is 0 Å². The smallest absolute Gasteiger partial charge is 0.135 e. The summed E-state index contributed by atoms with van der Waals surface area (Å²) in [4.78, 5) is 29.3. The average Bonchev–Trinajstić information content (AvgIpc) is 2.25. The van der Waals surface area contributed by atoms with Crippen molar-refractivity contribution in [2.24, 2.45) is 9.98 Å². The van der Waals surface area contributed by atoms with Crippen LogP contribution in [0.5, 0.6) is 0 Å². The predicted octanol–water partition coefficient (Wildman–Crippen LogP) is 0.676. The van der Waals surface area contributed by atoms with Gasteiger partial charge in [-0.1, -0.05) is 0 Å². The van der Waals surface area contributed by atoms with E-state index in [9.17, 15) is 9.59 Å². The molecule has 0 aliphatic carbocycles. The lowest BCUT2D eigenvalue weighted by Crippen LogP contribution is -2.20. The molecule has 5 nitrogen and oxygen atoms in total. The quantitative estimate of drug-likeness (QED) is 0.450. The van der Waals surface area contributed by atoms with Gasteiger partial charge in [0.1, 0.15) is 11.6 Å². The number of carbonyl (C=O) groups is 2. The minimum Gasteiger partial charge on any atom is -0.313 e. The van der Waals surface area contributed by atoms with Gasteiger partial charge in [0.05, 0.1) is 13.1 Å². The molecule has 1 N–H and O–H groups in total. The van der Waals surface area contributed by atoms with Gasteiger partial charge >= 0.3 is 0 Å². The largest absolute Gasteiger partial charge is 0.313 e.